The topological polar surface area (TPSA) is 38.7 Å². The second kappa shape index (κ2) is 4.20. The van der Waals surface area contributed by atoms with E-state index in [1.807, 2.05) is 0 Å². The third kappa shape index (κ3) is 2.29. The van der Waals surface area contributed by atoms with E-state index in [-0.39, 0.29) is 6.73 Å². The average Bonchev–Trinajstić information content (AvgIpc) is 2.41. The summed E-state index contributed by atoms with van der Waals surface area (Å²) in [6, 6.07) is 0. The molecule has 10 heavy (non-hydrogen) atoms. The molecule has 0 amide bonds. The van der Waals surface area contributed by atoms with E-state index in [2.05, 4.69) is 4.99 Å². The Balaban J connectivity index is 2.06. The molecule has 0 radical (unpaired) electrons. The smallest absolute Gasteiger partial charge is 0.237 e. The standard InChI is InChI=1S/C7H11NO2/c9-5-8-6-10-7-3-1-2-4-7/h7H,1-4,6H2. The lowest BCUT2D eigenvalue weighted by Gasteiger charge is -2.05. The molecular formula is C7H11NO2. The predicted octanol–water partition coefficient (Wildman–Crippen LogP) is 1.24. The summed E-state index contributed by atoms with van der Waals surface area (Å²) in [5.41, 5.74) is 0. The Bertz CT molecular complexity index is 135. The van der Waals surface area contributed by atoms with Crippen molar-refractivity contribution in [1.82, 2.24) is 0 Å². The highest BCUT2D eigenvalue weighted by Gasteiger charge is 2.14. The highest BCUT2D eigenvalue weighted by atomic mass is 16.5. The molecule has 1 aliphatic rings. The number of carbonyl (C=O) groups excluding carboxylic acids is 1. The Morgan fingerprint density at radius 1 is 1.50 bits per heavy atom. The van der Waals surface area contributed by atoms with Crippen LogP contribution in [0.25, 0.3) is 0 Å². The summed E-state index contributed by atoms with van der Waals surface area (Å²) in [6.45, 7) is 0.189. The molecule has 0 aromatic heterocycles. The van der Waals surface area contributed by atoms with Crippen LogP contribution in [0.4, 0.5) is 0 Å². The van der Waals surface area contributed by atoms with Gasteiger partial charge in [-0.25, -0.2) is 4.79 Å². The molecule has 0 spiro atoms. The molecule has 0 N–H and O–H groups in total. The van der Waals surface area contributed by atoms with Gasteiger partial charge in [0.25, 0.3) is 0 Å². The fraction of sp³-hybridized carbons (Fsp3) is 0.857. The zero-order valence-corrected chi connectivity index (χ0v) is 5.88. The molecule has 1 aliphatic carbocycles. The van der Waals surface area contributed by atoms with E-state index in [0.29, 0.717) is 6.10 Å². The molecule has 0 aromatic rings. The number of rotatable bonds is 3. The number of hydrogen-bond donors (Lipinski definition) is 0. The third-order valence-electron chi connectivity index (χ3n) is 1.74. The van der Waals surface area contributed by atoms with Gasteiger partial charge in [-0.3, -0.25) is 0 Å². The SMILES string of the molecule is O=C=NCOC1CCCC1. The molecule has 0 atom stereocenters. The van der Waals surface area contributed by atoms with Crippen LogP contribution in [0, 0.1) is 0 Å². The van der Waals surface area contributed by atoms with Crippen molar-refractivity contribution in [1.29, 1.82) is 0 Å². The minimum atomic E-state index is 0.189. The summed E-state index contributed by atoms with van der Waals surface area (Å²) in [7, 11) is 0. The quantitative estimate of drug-likeness (QED) is 0.438. The Morgan fingerprint density at radius 2 is 2.20 bits per heavy atom. The van der Waals surface area contributed by atoms with Gasteiger partial charge in [0.1, 0.15) is 6.73 Å². The van der Waals surface area contributed by atoms with Crippen molar-refractivity contribution in [2.24, 2.45) is 4.99 Å². The van der Waals surface area contributed by atoms with Crippen LogP contribution in [0.5, 0.6) is 0 Å². The number of aliphatic imine (C=N–C) groups is 1. The van der Waals surface area contributed by atoms with E-state index in [1.165, 1.54) is 18.9 Å². The predicted molar refractivity (Wildman–Crippen MR) is 36.3 cm³/mol. The molecule has 0 saturated heterocycles. The summed E-state index contributed by atoms with van der Waals surface area (Å²) >= 11 is 0. The summed E-state index contributed by atoms with van der Waals surface area (Å²) in [5, 5.41) is 0. The van der Waals surface area contributed by atoms with Crippen LogP contribution in [-0.2, 0) is 9.53 Å². The molecule has 0 aromatic carbocycles. The van der Waals surface area contributed by atoms with E-state index < -0.39 is 0 Å². The second-order valence-electron chi connectivity index (χ2n) is 2.45. The fourth-order valence-electron chi connectivity index (χ4n) is 1.22. The summed E-state index contributed by atoms with van der Waals surface area (Å²) in [6.07, 6.45) is 6.52. The van der Waals surface area contributed by atoms with Crippen molar-refractivity contribution in [3.8, 4) is 0 Å². The van der Waals surface area contributed by atoms with E-state index in [1.54, 1.807) is 0 Å². The van der Waals surface area contributed by atoms with Gasteiger partial charge >= 0.3 is 0 Å². The molecule has 0 unspecified atom stereocenters. The molecular weight excluding hydrogens is 130 g/mol. The molecule has 0 bridgehead atoms. The summed E-state index contributed by atoms with van der Waals surface area (Å²) in [4.78, 5) is 12.9. The number of ether oxygens (including phenoxy) is 1. The number of hydrogen-bond acceptors (Lipinski definition) is 3. The van der Waals surface area contributed by atoms with Crippen LogP contribution in [0.2, 0.25) is 0 Å². The lowest BCUT2D eigenvalue weighted by Crippen LogP contribution is -2.06. The fourth-order valence-corrected chi connectivity index (χ4v) is 1.22. The summed E-state index contributed by atoms with van der Waals surface area (Å²) < 4.78 is 5.21. The second-order valence-corrected chi connectivity index (χ2v) is 2.45. The highest BCUT2D eigenvalue weighted by molar-refractivity contribution is 5.32. The van der Waals surface area contributed by atoms with E-state index in [0.717, 1.165) is 12.8 Å². The first kappa shape index (κ1) is 7.45. The van der Waals surface area contributed by atoms with E-state index >= 15 is 0 Å². The molecule has 1 saturated carbocycles. The normalized spacial score (nSPS) is 18.8. The zero-order chi connectivity index (χ0) is 7.23. The average molecular weight is 141 g/mol. The minimum absolute atomic E-state index is 0.189. The maximum Gasteiger partial charge on any atom is 0.237 e. The first-order chi connectivity index (χ1) is 4.93. The van der Waals surface area contributed by atoms with Gasteiger partial charge in [0.05, 0.1) is 6.10 Å². The Morgan fingerprint density at radius 3 is 2.80 bits per heavy atom. The molecule has 3 nitrogen and oxygen atoms in total. The van der Waals surface area contributed by atoms with Crippen molar-refractivity contribution in [2.45, 2.75) is 31.8 Å². The maximum atomic E-state index is 9.61. The van der Waals surface area contributed by atoms with Crippen LogP contribution in [-0.4, -0.2) is 18.9 Å². The third-order valence-corrected chi connectivity index (χ3v) is 1.74. The lowest BCUT2D eigenvalue weighted by molar-refractivity contribution is 0.0644. The van der Waals surface area contributed by atoms with Crippen LogP contribution in [0.15, 0.2) is 4.99 Å². The molecule has 1 fully saturated rings. The van der Waals surface area contributed by atoms with Gasteiger partial charge in [-0.2, -0.15) is 4.99 Å². The molecule has 0 heterocycles. The monoisotopic (exact) mass is 141 g/mol. The van der Waals surface area contributed by atoms with Gasteiger partial charge < -0.3 is 4.74 Å². The zero-order valence-electron chi connectivity index (χ0n) is 5.88. The largest absolute Gasteiger partial charge is 0.355 e. The molecule has 3 heteroatoms. The number of isocyanates is 1. The highest BCUT2D eigenvalue weighted by Crippen LogP contribution is 2.20. The van der Waals surface area contributed by atoms with Crippen molar-refractivity contribution in [3.63, 3.8) is 0 Å². The molecule has 56 valence electrons. The van der Waals surface area contributed by atoms with Crippen LogP contribution in [0.3, 0.4) is 0 Å². The van der Waals surface area contributed by atoms with Gasteiger partial charge in [0.15, 0.2) is 0 Å². The number of nitrogens with zero attached hydrogens (tertiary/aromatic N) is 1. The van der Waals surface area contributed by atoms with E-state index in [9.17, 15) is 4.79 Å². The van der Waals surface area contributed by atoms with Crippen molar-refractivity contribution < 1.29 is 9.53 Å². The first-order valence-corrected chi connectivity index (χ1v) is 3.58. The van der Waals surface area contributed by atoms with Crippen molar-refractivity contribution in [2.75, 3.05) is 6.73 Å². The maximum absolute atomic E-state index is 9.61. The van der Waals surface area contributed by atoms with Crippen LogP contribution < -0.4 is 0 Å². The van der Waals surface area contributed by atoms with Crippen LogP contribution >= 0.6 is 0 Å². The van der Waals surface area contributed by atoms with Gasteiger partial charge in [-0.1, -0.05) is 12.8 Å². The minimum Gasteiger partial charge on any atom is -0.355 e. The Kier molecular flexibility index (Phi) is 3.13. The van der Waals surface area contributed by atoms with Crippen LogP contribution in [0.1, 0.15) is 25.7 Å². The molecule has 1 rings (SSSR count). The van der Waals surface area contributed by atoms with Gasteiger partial charge in [-0.05, 0) is 12.8 Å². The molecule has 0 aliphatic heterocycles. The Hall–Kier alpha value is -0.660. The van der Waals surface area contributed by atoms with Gasteiger partial charge in [-0.15, -0.1) is 0 Å². The van der Waals surface area contributed by atoms with Crippen molar-refractivity contribution >= 4 is 6.08 Å². The van der Waals surface area contributed by atoms with Gasteiger partial charge in [0.2, 0.25) is 6.08 Å². The Labute approximate surface area is 60.1 Å². The van der Waals surface area contributed by atoms with E-state index in [4.69, 9.17) is 4.74 Å². The first-order valence-electron chi connectivity index (χ1n) is 3.58. The van der Waals surface area contributed by atoms with Gasteiger partial charge in [0, 0.05) is 0 Å². The van der Waals surface area contributed by atoms with Crippen molar-refractivity contribution in [3.05, 3.63) is 0 Å². The summed E-state index contributed by atoms with van der Waals surface area (Å²) in [5.74, 6) is 0. The lowest BCUT2D eigenvalue weighted by atomic mass is 10.3.